The van der Waals surface area contributed by atoms with Gasteiger partial charge >= 0.3 is 17.6 Å². The van der Waals surface area contributed by atoms with Gasteiger partial charge in [0.1, 0.15) is 16.9 Å². The third-order valence-corrected chi connectivity index (χ3v) is 3.30. The molecule has 130 valence electrons. The molecular weight excluding hydrogens is 336 g/mol. The van der Waals surface area contributed by atoms with Crippen LogP contribution in [0.2, 0.25) is 0 Å². The van der Waals surface area contributed by atoms with Crippen molar-refractivity contribution in [3.8, 4) is 5.75 Å². The van der Waals surface area contributed by atoms with Crippen LogP contribution in [0, 0.1) is 10.1 Å². The third kappa shape index (κ3) is 3.32. The molecule has 2 rings (SSSR count). The molecule has 0 unspecified atom stereocenters. The van der Waals surface area contributed by atoms with E-state index >= 15 is 0 Å². The number of hydrogen-bond donors (Lipinski definition) is 3. The first kappa shape index (κ1) is 17.7. The van der Waals surface area contributed by atoms with Crippen LogP contribution in [0.1, 0.15) is 13.8 Å². The predicted octanol–water partition coefficient (Wildman–Crippen LogP) is 1.47. The molecule has 0 aliphatic carbocycles. The Morgan fingerprint density at radius 1 is 1.20 bits per heavy atom. The van der Waals surface area contributed by atoms with Crippen LogP contribution >= 0.6 is 0 Å². The van der Waals surface area contributed by atoms with Crippen molar-refractivity contribution in [3.05, 3.63) is 50.9 Å². The van der Waals surface area contributed by atoms with E-state index in [1.165, 1.54) is 13.0 Å². The van der Waals surface area contributed by atoms with Crippen LogP contribution in [-0.2, 0) is 19.1 Å². The summed E-state index contributed by atoms with van der Waals surface area (Å²) < 4.78 is 4.42. The minimum atomic E-state index is -1.26. The summed E-state index contributed by atoms with van der Waals surface area (Å²) in [6.45, 7) is 2.35. The zero-order valence-electron chi connectivity index (χ0n) is 13.0. The first-order chi connectivity index (χ1) is 11.6. The molecule has 25 heavy (non-hydrogen) atoms. The second-order valence-electron chi connectivity index (χ2n) is 5.04. The summed E-state index contributed by atoms with van der Waals surface area (Å²) in [7, 11) is 0. The molecule has 1 aliphatic heterocycles. The minimum absolute atomic E-state index is 0.0197. The number of aliphatic hydroxyl groups excluding tert-OH is 1. The molecule has 0 aromatic heterocycles. The van der Waals surface area contributed by atoms with Gasteiger partial charge < -0.3 is 20.3 Å². The number of aromatic hydroxyl groups is 1. The Kier molecular flexibility index (Phi) is 4.54. The van der Waals surface area contributed by atoms with Crippen LogP contribution in [0.25, 0.3) is 0 Å². The maximum atomic E-state index is 11.8. The largest absolute Gasteiger partial charge is 0.506 e. The number of ether oxygens (including phenoxy) is 1. The summed E-state index contributed by atoms with van der Waals surface area (Å²) in [4.78, 5) is 44.8. The summed E-state index contributed by atoms with van der Waals surface area (Å²) in [6.07, 6.45) is 0. The number of nitro benzene ring substituents is 1. The first-order valence-corrected chi connectivity index (χ1v) is 6.79. The number of Topliss-reactive ketones (excluding diaryl/α,β-unsaturated/α-hetero) is 1. The highest BCUT2D eigenvalue weighted by molar-refractivity contribution is 6.23. The minimum Gasteiger partial charge on any atom is -0.506 e. The molecule has 1 aromatic carbocycles. The zero-order valence-corrected chi connectivity index (χ0v) is 13.0. The second kappa shape index (κ2) is 6.43. The van der Waals surface area contributed by atoms with E-state index in [2.05, 4.69) is 10.1 Å². The second-order valence-corrected chi connectivity index (χ2v) is 5.04. The number of phenols is 1. The molecule has 3 N–H and O–H groups in total. The number of ketones is 1. The number of carbonyl (C=O) groups excluding carboxylic acids is 3. The van der Waals surface area contributed by atoms with E-state index in [0.717, 1.165) is 19.1 Å². The molecule has 1 heterocycles. The lowest BCUT2D eigenvalue weighted by atomic mass is 10.0. The molecule has 0 fully saturated rings. The molecule has 0 spiro atoms. The van der Waals surface area contributed by atoms with Gasteiger partial charge in [-0.05, 0) is 26.0 Å². The number of nitro groups is 1. The lowest BCUT2D eigenvalue weighted by Gasteiger charge is -2.18. The quantitative estimate of drug-likeness (QED) is 0.139. The van der Waals surface area contributed by atoms with Gasteiger partial charge in [-0.15, -0.1) is 0 Å². The highest BCUT2D eigenvalue weighted by atomic mass is 16.6. The van der Waals surface area contributed by atoms with Crippen LogP contribution < -0.4 is 5.32 Å². The van der Waals surface area contributed by atoms with Crippen molar-refractivity contribution < 1.29 is 34.3 Å². The van der Waals surface area contributed by atoms with Crippen LogP contribution in [-0.4, -0.2) is 32.9 Å². The summed E-state index contributed by atoms with van der Waals surface area (Å²) >= 11 is 0. The van der Waals surface area contributed by atoms with Crippen LogP contribution in [0.15, 0.2) is 40.8 Å². The molecule has 10 heteroatoms. The fourth-order valence-corrected chi connectivity index (χ4v) is 2.17. The maximum absolute atomic E-state index is 11.8. The third-order valence-electron chi connectivity index (χ3n) is 3.30. The van der Waals surface area contributed by atoms with Gasteiger partial charge in [0, 0.05) is 17.5 Å². The number of esters is 2. The number of hydrogen-bond acceptors (Lipinski definition) is 9. The van der Waals surface area contributed by atoms with E-state index in [-0.39, 0.29) is 11.4 Å². The molecule has 0 radical (unpaired) electrons. The van der Waals surface area contributed by atoms with E-state index in [1.54, 1.807) is 0 Å². The molecule has 0 saturated carbocycles. The number of cyclic esters (lactones) is 2. The molecule has 1 aliphatic rings. The topological polar surface area (TPSA) is 156 Å². The Morgan fingerprint density at radius 2 is 1.84 bits per heavy atom. The number of carbonyl (C=O) groups is 3. The smallest absolute Gasteiger partial charge is 0.353 e. The Labute approximate surface area is 140 Å². The highest BCUT2D eigenvalue weighted by Gasteiger charge is 2.36. The van der Waals surface area contributed by atoms with Crippen molar-refractivity contribution in [2.24, 2.45) is 0 Å². The predicted molar refractivity (Wildman–Crippen MR) is 82.5 cm³/mol. The van der Waals surface area contributed by atoms with Crippen molar-refractivity contribution in [1.29, 1.82) is 0 Å². The number of nitrogens with one attached hydrogen (secondary N) is 1. The zero-order chi connectivity index (χ0) is 18.9. The SMILES string of the molecule is CC(=O)C1=C(O)C(=C(C)Nc2ccc(O)c([N+](=O)[O-])c2)C(=O)OC1=O. The fraction of sp³-hybridized carbons (Fsp3) is 0.133. The van der Waals surface area contributed by atoms with Crippen molar-refractivity contribution in [2.75, 3.05) is 5.32 Å². The van der Waals surface area contributed by atoms with Crippen LogP contribution in [0.4, 0.5) is 11.4 Å². The Morgan fingerprint density at radius 3 is 2.40 bits per heavy atom. The highest BCUT2D eigenvalue weighted by Crippen LogP contribution is 2.30. The van der Waals surface area contributed by atoms with Gasteiger partial charge in [-0.25, -0.2) is 9.59 Å². The van der Waals surface area contributed by atoms with E-state index < -0.39 is 51.0 Å². The molecule has 10 nitrogen and oxygen atoms in total. The Balaban J connectivity index is 2.50. The van der Waals surface area contributed by atoms with Gasteiger partial charge in [-0.2, -0.15) is 0 Å². The molecular formula is C15H12N2O8. The number of benzene rings is 1. The Hall–Kier alpha value is -3.69. The van der Waals surface area contributed by atoms with E-state index in [9.17, 15) is 34.7 Å². The monoisotopic (exact) mass is 348 g/mol. The standard InChI is InChI=1S/C15H12N2O8/c1-6(16-8-3-4-10(19)9(5-8)17(23)24)11-13(20)12(7(2)18)15(22)25-14(11)21/h3-5,16,19-20H,1-2H3. The average molecular weight is 348 g/mol. The summed E-state index contributed by atoms with van der Waals surface area (Å²) in [5, 5.41) is 32.9. The summed E-state index contributed by atoms with van der Waals surface area (Å²) in [5.74, 6) is -4.62. The average Bonchev–Trinajstić information content (AvgIpc) is 2.47. The van der Waals surface area contributed by atoms with Crippen molar-refractivity contribution >= 4 is 29.1 Å². The number of nitrogens with zero attached hydrogens (tertiary/aromatic N) is 1. The maximum Gasteiger partial charge on any atom is 0.353 e. The number of anilines is 1. The van der Waals surface area contributed by atoms with Gasteiger partial charge in [0.25, 0.3) is 0 Å². The Bertz CT molecular complexity index is 882. The fourth-order valence-electron chi connectivity index (χ4n) is 2.17. The van der Waals surface area contributed by atoms with Gasteiger partial charge in [-0.1, -0.05) is 0 Å². The lowest BCUT2D eigenvalue weighted by Crippen LogP contribution is -2.29. The number of allylic oxidation sites excluding steroid dienone is 1. The van der Waals surface area contributed by atoms with Crippen molar-refractivity contribution in [1.82, 2.24) is 0 Å². The van der Waals surface area contributed by atoms with Crippen molar-refractivity contribution in [3.63, 3.8) is 0 Å². The van der Waals surface area contributed by atoms with Crippen LogP contribution in [0.3, 0.4) is 0 Å². The summed E-state index contributed by atoms with van der Waals surface area (Å²) in [5.41, 5.74) is -1.61. The first-order valence-electron chi connectivity index (χ1n) is 6.79. The number of phenolic OH excluding ortho intramolecular Hbond substituents is 1. The molecule has 0 bridgehead atoms. The van der Waals surface area contributed by atoms with Crippen molar-refractivity contribution in [2.45, 2.75) is 13.8 Å². The van der Waals surface area contributed by atoms with Gasteiger partial charge in [0.05, 0.1) is 4.92 Å². The van der Waals surface area contributed by atoms with Gasteiger partial charge in [0.15, 0.2) is 11.5 Å². The number of rotatable bonds is 4. The van der Waals surface area contributed by atoms with E-state index in [0.29, 0.717) is 0 Å². The van der Waals surface area contributed by atoms with E-state index in [4.69, 9.17) is 0 Å². The molecule has 0 saturated heterocycles. The normalized spacial score (nSPS) is 16.4. The lowest BCUT2D eigenvalue weighted by molar-refractivity contribution is -0.385. The molecule has 1 aromatic rings. The number of aliphatic hydroxyl groups is 1. The van der Waals surface area contributed by atoms with Crippen LogP contribution in [0.5, 0.6) is 5.75 Å². The van der Waals surface area contributed by atoms with E-state index in [1.807, 2.05) is 0 Å². The molecule has 0 atom stereocenters. The summed E-state index contributed by atoms with van der Waals surface area (Å²) in [6, 6.07) is 3.36. The van der Waals surface area contributed by atoms with Gasteiger partial charge in [0.2, 0.25) is 0 Å². The molecule has 0 amide bonds. The van der Waals surface area contributed by atoms with Gasteiger partial charge in [-0.3, -0.25) is 14.9 Å².